The lowest BCUT2D eigenvalue weighted by Gasteiger charge is -2.29. The number of carbonyl (C=O) groups is 1. The lowest BCUT2D eigenvalue weighted by molar-refractivity contribution is -0.0591. The number of aromatic nitrogens is 4. The third-order valence-electron chi connectivity index (χ3n) is 7.82. The smallest absolute Gasteiger partial charge is 0.337 e. The molecule has 10 nitrogen and oxygen atoms in total. The normalized spacial score (nSPS) is 17.3. The topological polar surface area (TPSA) is 105 Å². The Morgan fingerprint density at radius 3 is 2.74 bits per heavy atom. The monoisotopic (exact) mass is 565 g/mol. The Hall–Kier alpha value is -4.54. The van der Waals surface area contributed by atoms with Gasteiger partial charge in [0.15, 0.2) is 12.2 Å². The van der Waals surface area contributed by atoms with Crippen LogP contribution in [-0.2, 0) is 29.2 Å². The van der Waals surface area contributed by atoms with Gasteiger partial charge in [-0.3, -0.25) is 4.90 Å². The summed E-state index contributed by atoms with van der Waals surface area (Å²) in [6, 6.07) is 19.0. The molecule has 2 aliphatic heterocycles. The molecule has 5 aromatic rings. The summed E-state index contributed by atoms with van der Waals surface area (Å²) in [5.41, 5.74) is 5.97. The van der Waals surface area contributed by atoms with Crippen LogP contribution < -0.4 is 4.74 Å². The van der Waals surface area contributed by atoms with E-state index >= 15 is 0 Å². The van der Waals surface area contributed by atoms with Gasteiger partial charge in [-0.25, -0.2) is 19.7 Å². The van der Waals surface area contributed by atoms with Gasteiger partial charge in [0.05, 0.1) is 48.6 Å². The summed E-state index contributed by atoms with van der Waals surface area (Å²) in [6.45, 7) is 4.06. The van der Waals surface area contributed by atoms with Gasteiger partial charge >= 0.3 is 5.97 Å². The molecule has 1 saturated heterocycles. The van der Waals surface area contributed by atoms with E-state index < -0.39 is 0 Å². The highest BCUT2D eigenvalue weighted by atomic mass is 16.5. The highest BCUT2D eigenvalue weighted by molar-refractivity contribution is 5.93. The van der Waals surface area contributed by atoms with Crippen molar-refractivity contribution in [1.29, 1.82) is 0 Å². The predicted octanol–water partition coefficient (Wildman–Crippen LogP) is 5.02. The van der Waals surface area contributed by atoms with Gasteiger partial charge in [-0.2, -0.15) is 0 Å². The second kappa shape index (κ2) is 11.4. The van der Waals surface area contributed by atoms with E-state index in [1.807, 2.05) is 54.6 Å². The molecule has 3 aromatic heterocycles. The number of imidazole rings is 1. The molecule has 5 heterocycles. The maximum atomic E-state index is 12.2. The van der Waals surface area contributed by atoms with E-state index in [0.717, 1.165) is 66.2 Å². The van der Waals surface area contributed by atoms with E-state index in [1.165, 1.54) is 12.7 Å². The first-order chi connectivity index (χ1) is 20.6. The average molecular weight is 566 g/mol. The Bertz CT molecular complexity index is 1750. The third kappa shape index (κ3) is 5.38. The third-order valence-corrected chi connectivity index (χ3v) is 7.82. The fraction of sp³-hybridized carbons (Fsp3) is 0.312. The number of hydrogen-bond acceptors (Lipinski definition) is 9. The number of pyridine rings is 1. The highest BCUT2D eigenvalue weighted by Crippen LogP contribution is 2.27. The second-order valence-electron chi connectivity index (χ2n) is 10.6. The van der Waals surface area contributed by atoms with Crippen molar-refractivity contribution in [3.63, 3.8) is 0 Å². The molecule has 0 bridgehead atoms. The van der Waals surface area contributed by atoms with E-state index in [0.29, 0.717) is 30.4 Å². The van der Waals surface area contributed by atoms with Crippen LogP contribution in [0.4, 0.5) is 0 Å². The van der Waals surface area contributed by atoms with Crippen LogP contribution in [0.25, 0.3) is 27.7 Å². The Morgan fingerprint density at radius 1 is 1.05 bits per heavy atom. The molecule has 10 heteroatoms. The van der Waals surface area contributed by atoms with Gasteiger partial charge in [0.1, 0.15) is 11.3 Å². The van der Waals surface area contributed by atoms with E-state index in [9.17, 15) is 4.79 Å². The van der Waals surface area contributed by atoms with Crippen LogP contribution >= 0.6 is 0 Å². The molecule has 42 heavy (non-hydrogen) atoms. The standard InChI is InChI=1S/C32H31N5O5/c1-39-32(38)22-9-10-25-27(17-22)37(18-23-13-16-40-23)29(33-25)19-36-14-11-21(12-15-36)24-6-4-8-30(34-24)41-20-31-35-26-5-2-3-7-28(26)42-31/h2-11,17,23H,12-16,18-20H2,1H3/t23-/m0/s1. The van der Waals surface area contributed by atoms with Crippen LogP contribution in [0.5, 0.6) is 5.88 Å². The summed E-state index contributed by atoms with van der Waals surface area (Å²) in [5, 5.41) is 0. The van der Waals surface area contributed by atoms with E-state index in [1.54, 1.807) is 6.07 Å². The van der Waals surface area contributed by atoms with Gasteiger partial charge in [0.25, 0.3) is 0 Å². The van der Waals surface area contributed by atoms with E-state index in [-0.39, 0.29) is 18.7 Å². The number of methoxy groups -OCH3 is 1. The fourth-order valence-corrected chi connectivity index (χ4v) is 5.45. The maximum Gasteiger partial charge on any atom is 0.337 e. The van der Waals surface area contributed by atoms with Crippen LogP contribution in [0.2, 0.25) is 0 Å². The molecule has 0 N–H and O–H groups in total. The SMILES string of the molecule is COC(=O)c1ccc2nc(CN3CC=C(c4cccc(OCc5nc6ccccc6o5)n4)CC3)n(C[C@@H]3CCO3)c2c1. The number of rotatable bonds is 9. The van der Waals surface area contributed by atoms with Crippen molar-refractivity contribution in [3.05, 3.63) is 89.7 Å². The quantitative estimate of drug-likeness (QED) is 0.228. The number of nitrogens with zero attached hydrogens (tertiary/aromatic N) is 5. The van der Waals surface area contributed by atoms with Crippen molar-refractivity contribution in [2.45, 2.75) is 38.6 Å². The fourth-order valence-electron chi connectivity index (χ4n) is 5.45. The van der Waals surface area contributed by atoms with Gasteiger partial charge in [-0.05, 0) is 54.8 Å². The molecule has 0 saturated carbocycles. The lowest BCUT2D eigenvalue weighted by Crippen LogP contribution is -2.33. The number of oxazole rings is 1. The first-order valence-corrected chi connectivity index (χ1v) is 14.2. The number of carbonyl (C=O) groups excluding carboxylic acids is 1. The zero-order valence-corrected chi connectivity index (χ0v) is 23.4. The number of hydrogen-bond donors (Lipinski definition) is 0. The molecule has 0 amide bonds. The zero-order valence-electron chi connectivity index (χ0n) is 23.4. The molecule has 0 spiro atoms. The minimum Gasteiger partial charge on any atom is -0.468 e. The van der Waals surface area contributed by atoms with Crippen LogP contribution in [0.1, 0.15) is 40.6 Å². The summed E-state index contributed by atoms with van der Waals surface area (Å²) >= 11 is 0. The van der Waals surface area contributed by atoms with Gasteiger partial charge in [-0.15, -0.1) is 0 Å². The van der Waals surface area contributed by atoms with Crippen LogP contribution in [-0.4, -0.2) is 63.3 Å². The summed E-state index contributed by atoms with van der Waals surface area (Å²) in [6.07, 6.45) is 4.28. The molecule has 214 valence electrons. The Morgan fingerprint density at radius 2 is 1.95 bits per heavy atom. The molecule has 2 aliphatic rings. The highest BCUT2D eigenvalue weighted by Gasteiger charge is 2.24. The Balaban J connectivity index is 1.04. The lowest BCUT2D eigenvalue weighted by atomic mass is 10.0. The molecule has 1 fully saturated rings. The summed E-state index contributed by atoms with van der Waals surface area (Å²) in [7, 11) is 1.40. The molecule has 0 aliphatic carbocycles. The first kappa shape index (κ1) is 26.4. The summed E-state index contributed by atoms with van der Waals surface area (Å²) in [5.74, 6) is 1.67. The number of esters is 1. The van der Waals surface area contributed by atoms with Crippen LogP contribution in [0, 0.1) is 0 Å². The maximum absolute atomic E-state index is 12.2. The van der Waals surface area contributed by atoms with Crippen molar-refractivity contribution >= 4 is 33.7 Å². The predicted molar refractivity (Wildman–Crippen MR) is 156 cm³/mol. The van der Waals surface area contributed by atoms with Crippen molar-refractivity contribution < 1.29 is 23.4 Å². The zero-order chi connectivity index (χ0) is 28.5. The van der Waals surface area contributed by atoms with Crippen molar-refractivity contribution in [3.8, 4) is 5.88 Å². The van der Waals surface area contributed by atoms with Gasteiger partial charge in [0.2, 0.25) is 11.8 Å². The minimum absolute atomic E-state index is 0.166. The number of fused-ring (bicyclic) bond motifs is 2. The van der Waals surface area contributed by atoms with Gasteiger partial charge < -0.3 is 23.2 Å². The number of ether oxygens (including phenoxy) is 3. The van der Waals surface area contributed by atoms with Gasteiger partial charge in [-0.1, -0.05) is 24.3 Å². The average Bonchev–Trinajstić information content (AvgIpc) is 3.58. The van der Waals surface area contributed by atoms with Gasteiger partial charge in [0, 0.05) is 25.8 Å². The first-order valence-electron chi connectivity index (χ1n) is 14.2. The second-order valence-corrected chi connectivity index (χ2v) is 10.6. The van der Waals surface area contributed by atoms with E-state index in [2.05, 4.69) is 20.5 Å². The molecule has 0 radical (unpaired) electrons. The minimum atomic E-state index is -0.353. The molecule has 1 atom stereocenters. The molecule has 2 aromatic carbocycles. The molecule has 7 rings (SSSR count). The van der Waals surface area contributed by atoms with Crippen molar-refractivity contribution in [1.82, 2.24) is 24.4 Å². The Labute approximate surface area is 242 Å². The molecule has 0 unspecified atom stereocenters. The van der Waals surface area contributed by atoms with Crippen molar-refractivity contribution in [2.24, 2.45) is 0 Å². The Kier molecular flexibility index (Phi) is 7.15. The molecular formula is C32H31N5O5. The summed E-state index contributed by atoms with van der Waals surface area (Å²) < 4.78 is 24.6. The number of benzene rings is 2. The largest absolute Gasteiger partial charge is 0.468 e. The van der Waals surface area contributed by atoms with Crippen LogP contribution in [0.15, 0.2) is 71.2 Å². The number of para-hydroxylation sites is 2. The summed E-state index contributed by atoms with van der Waals surface area (Å²) in [4.78, 5) is 28.7. The van der Waals surface area contributed by atoms with Crippen LogP contribution in [0.3, 0.4) is 0 Å². The van der Waals surface area contributed by atoms with Crippen molar-refractivity contribution in [2.75, 3.05) is 26.8 Å². The molecular weight excluding hydrogens is 534 g/mol. The van der Waals surface area contributed by atoms with E-state index in [4.69, 9.17) is 28.6 Å².